The van der Waals surface area contributed by atoms with Gasteiger partial charge in [-0.15, -0.1) is 0 Å². The first kappa shape index (κ1) is 19.1. The molecule has 0 bridgehead atoms. The summed E-state index contributed by atoms with van der Waals surface area (Å²) in [5.74, 6) is -0.819. The van der Waals surface area contributed by atoms with E-state index in [0.29, 0.717) is 24.3 Å². The van der Waals surface area contributed by atoms with Crippen molar-refractivity contribution in [3.8, 4) is 0 Å². The van der Waals surface area contributed by atoms with Gasteiger partial charge in [-0.05, 0) is 36.8 Å². The predicted molar refractivity (Wildman–Crippen MR) is 98.0 cm³/mol. The third kappa shape index (κ3) is 4.87. The van der Waals surface area contributed by atoms with E-state index >= 15 is 0 Å². The second-order valence-electron chi connectivity index (χ2n) is 5.68. The van der Waals surface area contributed by atoms with E-state index in [4.69, 9.17) is 5.73 Å². The second-order valence-corrected chi connectivity index (χ2v) is 5.68. The van der Waals surface area contributed by atoms with Crippen LogP contribution in [0.3, 0.4) is 0 Å². The smallest absolute Gasteiger partial charge is 0.269 e. The lowest BCUT2D eigenvalue weighted by atomic mass is 10.00. The summed E-state index contributed by atoms with van der Waals surface area (Å²) in [5, 5.41) is 16.1. The molecule has 0 heterocycles. The Morgan fingerprint density at radius 1 is 1.12 bits per heavy atom. The average Bonchev–Trinajstić information content (AvgIpc) is 2.66. The van der Waals surface area contributed by atoms with Crippen LogP contribution in [0.25, 0.3) is 0 Å². The Kier molecular flexibility index (Phi) is 6.40. The number of amides is 2. The molecule has 1 unspecified atom stereocenters. The highest BCUT2D eigenvalue weighted by Gasteiger charge is 2.15. The number of nitro groups is 1. The van der Waals surface area contributed by atoms with Crippen LogP contribution in [0.5, 0.6) is 0 Å². The van der Waals surface area contributed by atoms with Crippen LogP contribution >= 0.6 is 0 Å². The number of hydrogen-bond acceptors (Lipinski definition) is 5. The fourth-order valence-corrected chi connectivity index (χ4v) is 2.29. The minimum Gasteiger partial charge on any atom is -0.354 e. The maximum Gasteiger partial charge on any atom is 0.269 e. The standard InChI is InChI=1S/C18H20N4O4/c1-12(17(23)20-11-10-19)13-2-6-15(7-3-13)21-18(24)14-4-8-16(9-5-14)22(25)26/h2-9,12H,10-11,19H2,1H3,(H,20,23)(H,21,24). The monoisotopic (exact) mass is 356 g/mol. The number of nitrogens with two attached hydrogens (primary N) is 1. The van der Waals surface area contributed by atoms with Crippen LogP contribution < -0.4 is 16.4 Å². The number of hydrogen-bond donors (Lipinski definition) is 3. The van der Waals surface area contributed by atoms with Crippen molar-refractivity contribution in [3.05, 3.63) is 69.8 Å². The maximum absolute atomic E-state index is 12.2. The highest BCUT2D eigenvalue weighted by molar-refractivity contribution is 6.04. The zero-order chi connectivity index (χ0) is 19.1. The molecule has 0 aromatic heterocycles. The van der Waals surface area contributed by atoms with Crippen molar-refractivity contribution in [3.63, 3.8) is 0 Å². The molecule has 1 atom stereocenters. The van der Waals surface area contributed by atoms with E-state index in [1.165, 1.54) is 24.3 Å². The summed E-state index contributed by atoms with van der Waals surface area (Å²) in [7, 11) is 0. The van der Waals surface area contributed by atoms with E-state index < -0.39 is 4.92 Å². The molecule has 0 saturated heterocycles. The Morgan fingerprint density at radius 2 is 1.73 bits per heavy atom. The second kappa shape index (κ2) is 8.72. The molecular weight excluding hydrogens is 336 g/mol. The number of anilines is 1. The molecule has 0 spiro atoms. The molecule has 2 aromatic carbocycles. The Morgan fingerprint density at radius 3 is 2.27 bits per heavy atom. The molecule has 4 N–H and O–H groups in total. The molecular formula is C18H20N4O4. The summed E-state index contributed by atoms with van der Waals surface area (Å²) < 4.78 is 0. The summed E-state index contributed by atoms with van der Waals surface area (Å²) in [6.45, 7) is 2.59. The lowest BCUT2D eigenvalue weighted by molar-refractivity contribution is -0.384. The Balaban J connectivity index is 2.01. The fraction of sp³-hybridized carbons (Fsp3) is 0.222. The van der Waals surface area contributed by atoms with Gasteiger partial charge in [-0.2, -0.15) is 0 Å². The van der Waals surface area contributed by atoms with Gasteiger partial charge in [0, 0.05) is 36.5 Å². The molecule has 0 aliphatic rings. The molecule has 2 aromatic rings. The molecule has 136 valence electrons. The highest BCUT2D eigenvalue weighted by atomic mass is 16.6. The van der Waals surface area contributed by atoms with Crippen LogP contribution in [0.15, 0.2) is 48.5 Å². The maximum atomic E-state index is 12.2. The molecule has 8 nitrogen and oxygen atoms in total. The van der Waals surface area contributed by atoms with E-state index in [-0.39, 0.29) is 23.4 Å². The van der Waals surface area contributed by atoms with Gasteiger partial charge < -0.3 is 16.4 Å². The zero-order valence-electron chi connectivity index (χ0n) is 14.3. The molecule has 0 fully saturated rings. The van der Waals surface area contributed by atoms with Gasteiger partial charge in [0.2, 0.25) is 5.91 Å². The lowest BCUT2D eigenvalue weighted by Gasteiger charge is -2.13. The average molecular weight is 356 g/mol. The lowest BCUT2D eigenvalue weighted by Crippen LogP contribution is -2.32. The van der Waals surface area contributed by atoms with Crippen molar-refractivity contribution in [2.24, 2.45) is 5.73 Å². The van der Waals surface area contributed by atoms with E-state index in [1.54, 1.807) is 31.2 Å². The molecule has 0 saturated carbocycles. The number of rotatable bonds is 7. The number of benzene rings is 2. The van der Waals surface area contributed by atoms with Crippen LogP contribution in [0.2, 0.25) is 0 Å². The van der Waals surface area contributed by atoms with E-state index in [2.05, 4.69) is 10.6 Å². The van der Waals surface area contributed by atoms with Crippen LogP contribution in [-0.2, 0) is 4.79 Å². The Hall–Kier alpha value is -3.26. The minimum absolute atomic E-state index is 0.0761. The van der Waals surface area contributed by atoms with Gasteiger partial charge >= 0.3 is 0 Å². The number of carbonyl (C=O) groups is 2. The van der Waals surface area contributed by atoms with Gasteiger partial charge in [-0.25, -0.2) is 0 Å². The summed E-state index contributed by atoms with van der Waals surface area (Å²) in [6.07, 6.45) is 0. The van der Waals surface area contributed by atoms with Gasteiger partial charge in [-0.1, -0.05) is 12.1 Å². The Labute approximate surface area is 150 Å². The van der Waals surface area contributed by atoms with Gasteiger partial charge in [0.1, 0.15) is 0 Å². The first-order valence-electron chi connectivity index (χ1n) is 8.06. The number of carbonyl (C=O) groups excluding carboxylic acids is 2. The van der Waals surface area contributed by atoms with E-state index in [9.17, 15) is 19.7 Å². The third-order valence-electron chi connectivity index (χ3n) is 3.85. The minimum atomic E-state index is -0.523. The molecule has 8 heteroatoms. The van der Waals surface area contributed by atoms with Gasteiger partial charge in [0.05, 0.1) is 10.8 Å². The number of nitro benzene ring substituents is 1. The van der Waals surface area contributed by atoms with Crippen molar-refractivity contribution in [1.29, 1.82) is 0 Å². The van der Waals surface area contributed by atoms with Crippen LogP contribution in [0, 0.1) is 10.1 Å². The van der Waals surface area contributed by atoms with Crippen molar-refractivity contribution < 1.29 is 14.5 Å². The molecule has 2 amide bonds. The van der Waals surface area contributed by atoms with E-state index in [0.717, 1.165) is 5.56 Å². The molecule has 0 radical (unpaired) electrons. The number of non-ortho nitro benzene ring substituents is 1. The first-order valence-corrected chi connectivity index (χ1v) is 8.06. The highest BCUT2D eigenvalue weighted by Crippen LogP contribution is 2.19. The van der Waals surface area contributed by atoms with Crippen LogP contribution in [-0.4, -0.2) is 29.8 Å². The van der Waals surface area contributed by atoms with Crippen molar-refractivity contribution in [2.75, 3.05) is 18.4 Å². The first-order chi connectivity index (χ1) is 12.4. The number of nitrogens with one attached hydrogen (secondary N) is 2. The SMILES string of the molecule is CC(C(=O)NCCN)c1ccc(NC(=O)c2ccc([N+](=O)[O-])cc2)cc1. The topological polar surface area (TPSA) is 127 Å². The summed E-state index contributed by atoms with van der Waals surface area (Å²) in [5.41, 5.74) is 6.98. The van der Waals surface area contributed by atoms with Crippen molar-refractivity contribution >= 4 is 23.2 Å². The molecule has 2 rings (SSSR count). The number of nitrogens with zero attached hydrogens (tertiary/aromatic N) is 1. The largest absolute Gasteiger partial charge is 0.354 e. The van der Waals surface area contributed by atoms with E-state index in [1.807, 2.05) is 0 Å². The zero-order valence-corrected chi connectivity index (χ0v) is 14.3. The fourth-order valence-electron chi connectivity index (χ4n) is 2.29. The van der Waals surface area contributed by atoms with Gasteiger partial charge in [-0.3, -0.25) is 19.7 Å². The summed E-state index contributed by atoms with van der Waals surface area (Å²) >= 11 is 0. The van der Waals surface area contributed by atoms with Crippen LogP contribution in [0.4, 0.5) is 11.4 Å². The van der Waals surface area contributed by atoms with Crippen molar-refractivity contribution in [2.45, 2.75) is 12.8 Å². The van der Waals surface area contributed by atoms with Gasteiger partial charge in [0.15, 0.2) is 0 Å². The van der Waals surface area contributed by atoms with Crippen LogP contribution in [0.1, 0.15) is 28.8 Å². The molecule has 0 aliphatic carbocycles. The predicted octanol–water partition coefficient (Wildman–Crippen LogP) is 2.03. The summed E-state index contributed by atoms with van der Waals surface area (Å²) in [6, 6.07) is 12.3. The normalized spacial score (nSPS) is 11.5. The molecule has 26 heavy (non-hydrogen) atoms. The van der Waals surface area contributed by atoms with Gasteiger partial charge in [0.25, 0.3) is 11.6 Å². The summed E-state index contributed by atoms with van der Waals surface area (Å²) in [4.78, 5) is 34.2. The third-order valence-corrected chi connectivity index (χ3v) is 3.85. The Bertz CT molecular complexity index is 788. The quantitative estimate of drug-likeness (QED) is 0.516. The molecule has 0 aliphatic heterocycles. The van der Waals surface area contributed by atoms with Crippen molar-refractivity contribution in [1.82, 2.24) is 5.32 Å².